The van der Waals surface area contributed by atoms with Crippen molar-refractivity contribution in [3.63, 3.8) is 0 Å². The van der Waals surface area contributed by atoms with E-state index in [4.69, 9.17) is 4.11 Å². The molecule has 2 aromatic heterocycles. The topological polar surface area (TPSA) is 11.4 Å². The summed E-state index contributed by atoms with van der Waals surface area (Å²) in [6.07, 6.45) is 0. The van der Waals surface area contributed by atoms with Gasteiger partial charge >= 0.3 is 0 Å². The van der Waals surface area contributed by atoms with E-state index in [0.29, 0.717) is 5.56 Å². The minimum atomic E-state index is -2.24. The lowest BCUT2D eigenvalue weighted by atomic mass is 9.36. The van der Waals surface area contributed by atoms with E-state index in [-0.39, 0.29) is 28.4 Å². The van der Waals surface area contributed by atoms with E-state index in [0.717, 1.165) is 55.8 Å². The van der Waals surface area contributed by atoms with Crippen molar-refractivity contribution in [2.24, 2.45) is 0 Å². The van der Waals surface area contributed by atoms with Crippen LogP contribution in [0.3, 0.4) is 0 Å². The molecular formula is C62H64BN3S. The maximum atomic E-state index is 8.43. The third-order valence-electron chi connectivity index (χ3n) is 14.5. The Labute approximate surface area is 407 Å². The van der Waals surface area contributed by atoms with Gasteiger partial charge in [0.2, 0.25) is 0 Å². The van der Waals surface area contributed by atoms with Crippen molar-refractivity contribution < 1.29 is 4.11 Å². The summed E-state index contributed by atoms with van der Waals surface area (Å²) in [4.78, 5) is 5.10. The van der Waals surface area contributed by atoms with Crippen LogP contribution in [-0.4, -0.2) is 11.3 Å². The second-order valence-corrected chi connectivity index (χ2v) is 24.6. The number of anilines is 6. The molecule has 0 atom stereocenters. The first-order chi connectivity index (χ1) is 32.8. The third kappa shape index (κ3) is 6.97. The Morgan fingerprint density at radius 3 is 1.51 bits per heavy atom. The normalized spacial score (nSPS) is 14.9. The molecule has 0 aliphatic carbocycles. The summed E-state index contributed by atoms with van der Waals surface area (Å²) >= 11 is 1.94. The largest absolute Gasteiger partial charge is 0.311 e. The maximum Gasteiger partial charge on any atom is 0.264 e. The molecule has 67 heavy (non-hydrogen) atoms. The molecule has 0 fully saturated rings. The number of aromatic nitrogens is 1. The number of aryl methyl sites for hydroxylation is 2. The van der Waals surface area contributed by atoms with Crippen LogP contribution in [0.15, 0.2) is 133 Å². The van der Waals surface area contributed by atoms with Gasteiger partial charge < -0.3 is 14.4 Å². The predicted molar refractivity (Wildman–Crippen MR) is 294 cm³/mol. The molecule has 0 spiro atoms. The van der Waals surface area contributed by atoms with Crippen LogP contribution in [0.25, 0.3) is 37.6 Å². The van der Waals surface area contributed by atoms with Crippen LogP contribution in [0.5, 0.6) is 0 Å². The van der Waals surface area contributed by atoms with Gasteiger partial charge in [-0.05, 0) is 147 Å². The van der Waals surface area contributed by atoms with E-state index < -0.39 is 6.85 Å². The highest BCUT2D eigenvalue weighted by molar-refractivity contribution is 7.33. The number of thiophene rings is 1. The molecule has 0 saturated heterocycles. The van der Waals surface area contributed by atoms with E-state index in [1.54, 1.807) is 6.07 Å². The Morgan fingerprint density at radius 2 is 0.940 bits per heavy atom. The maximum absolute atomic E-state index is 8.43. The molecule has 0 N–H and O–H groups in total. The molecule has 0 radical (unpaired) electrons. The highest BCUT2D eigenvalue weighted by atomic mass is 32.1. The minimum Gasteiger partial charge on any atom is -0.311 e. The van der Waals surface area contributed by atoms with E-state index in [1.807, 2.05) is 23.5 Å². The van der Waals surface area contributed by atoms with Crippen LogP contribution in [0, 0.1) is 13.8 Å². The Morgan fingerprint density at radius 1 is 0.448 bits per heavy atom. The van der Waals surface area contributed by atoms with Gasteiger partial charge in [0, 0.05) is 58.2 Å². The number of rotatable bonds is 3. The zero-order valence-electron chi connectivity index (χ0n) is 44.5. The standard InChI is InChI=1S/C62H64BN3S/c1-37-15-27-50-46(31-37)47-32-38(2)16-28-51(47)65(50)45-35-53-56-54(36-45)66(44-25-19-40(20-26-44)60(6,7)8)57-48-33-41(61(9,10)11)22-30-55(48)67-58(57)63(56)49-34-42(62(12,13)14)21-29-52(49)64(53)43-23-17-39(18-24-43)59(3,4)5/h15-36H,1-14H3/i1D3. The summed E-state index contributed by atoms with van der Waals surface area (Å²) in [5.41, 5.74) is 19.0. The SMILES string of the molecule is [2H]C([2H])([2H])c1ccc2c(c1)c1cc(C)ccc1n2-c1cc2c3c(c1)N(c1ccc(C(C)(C)C)cc1)c1c(sc4ccc(C(C)(C)C)cc14)B3c1cc(C(C)(C)C)ccc1N2c1ccc(C(C)(C)C)cc1. The predicted octanol–water partition coefficient (Wildman–Crippen LogP) is 15.9. The summed E-state index contributed by atoms with van der Waals surface area (Å²) in [7, 11) is 0. The first-order valence-corrected chi connectivity index (χ1v) is 24.9. The first kappa shape index (κ1) is 40.1. The van der Waals surface area contributed by atoms with Gasteiger partial charge in [-0.3, -0.25) is 0 Å². The van der Waals surface area contributed by atoms with Gasteiger partial charge in [-0.25, -0.2) is 0 Å². The summed E-state index contributed by atoms with van der Waals surface area (Å²) in [6.45, 7) is 27.4. The Kier molecular flexibility index (Phi) is 8.81. The van der Waals surface area contributed by atoms with Crippen LogP contribution >= 0.6 is 11.3 Å². The van der Waals surface area contributed by atoms with Crippen LogP contribution < -0.4 is 25.5 Å². The van der Waals surface area contributed by atoms with Gasteiger partial charge in [0.05, 0.1) is 22.4 Å². The smallest absolute Gasteiger partial charge is 0.264 e. The number of benzene rings is 7. The quantitative estimate of drug-likeness (QED) is 0.164. The molecule has 0 bridgehead atoms. The molecule has 2 aliphatic heterocycles. The van der Waals surface area contributed by atoms with Crippen molar-refractivity contribution in [3.05, 3.63) is 167 Å². The molecule has 0 saturated carbocycles. The minimum absolute atomic E-state index is 0.00803. The van der Waals surface area contributed by atoms with Gasteiger partial charge in [-0.1, -0.05) is 149 Å². The highest BCUT2D eigenvalue weighted by Gasteiger charge is 2.46. The Balaban J connectivity index is 1.31. The fraction of sp³-hybridized carbons (Fsp3) is 0.290. The lowest BCUT2D eigenvalue weighted by molar-refractivity contribution is 0.590. The molecule has 3 nitrogen and oxygen atoms in total. The second kappa shape index (κ2) is 14.7. The van der Waals surface area contributed by atoms with E-state index in [2.05, 4.69) is 220 Å². The van der Waals surface area contributed by atoms with Crippen molar-refractivity contribution in [2.45, 2.75) is 119 Å². The van der Waals surface area contributed by atoms with Crippen molar-refractivity contribution in [1.29, 1.82) is 0 Å². The first-order valence-electron chi connectivity index (χ1n) is 25.5. The molecule has 9 aromatic rings. The number of hydrogen-bond donors (Lipinski definition) is 0. The fourth-order valence-electron chi connectivity index (χ4n) is 10.7. The van der Waals surface area contributed by atoms with Crippen LogP contribution in [0.4, 0.5) is 34.1 Å². The summed E-state index contributed by atoms with van der Waals surface area (Å²) < 4.78 is 30.3. The van der Waals surface area contributed by atoms with Crippen molar-refractivity contribution >= 4 is 99.8 Å². The molecule has 0 unspecified atom stereocenters. The van der Waals surface area contributed by atoms with E-state index >= 15 is 0 Å². The Bertz CT molecular complexity index is 3590. The van der Waals surface area contributed by atoms with Crippen molar-refractivity contribution in [2.75, 3.05) is 9.80 Å². The fourth-order valence-corrected chi connectivity index (χ4v) is 12.0. The summed E-state index contributed by atoms with van der Waals surface area (Å²) in [5, 5.41) is 3.24. The lowest BCUT2D eigenvalue weighted by Gasteiger charge is -2.44. The van der Waals surface area contributed by atoms with E-state index in [9.17, 15) is 0 Å². The molecule has 4 heterocycles. The van der Waals surface area contributed by atoms with Gasteiger partial charge in [-0.2, -0.15) is 0 Å². The summed E-state index contributed by atoms with van der Waals surface area (Å²) in [6, 6.07) is 50.1. The van der Waals surface area contributed by atoms with E-state index in [1.165, 1.54) is 59.4 Å². The number of hydrogen-bond acceptors (Lipinski definition) is 3. The number of nitrogens with zero attached hydrogens (tertiary/aromatic N) is 3. The van der Waals surface area contributed by atoms with Crippen LogP contribution in [0.2, 0.25) is 0 Å². The zero-order chi connectivity index (χ0) is 49.8. The third-order valence-corrected chi connectivity index (χ3v) is 15.8. The van der Waals surface area contributed by atoms with Gasteiger partial charge in [0.15, 0.2) is 0 Å². The highest BCUT2D eigenvalue weighted by Crippen LogP contribution is 2.50. The molecular weight excluding hydrogens is 830 g/mol. The molecule has 0 amide bonds. The lowest BCUT2D eigenvalue weighted by Crippen LogP contribution is -2.60. The molecule has 2 aliphatic rings. The summed E-state index contributed by atoms with van der Waals surface area (Å²) in [5.74, 6) is 0. The van der Waals surface area contributed by atoms with Crippen molar-refractivity contribution in [3.8, 4) is 5.69 Å². The average Bonchev–Trinajstić information content (AvgIpc) is 3.82. The average molecular weight is 897 g/mol. The van der Waals surface area contributed by atoms with Crippen molar-refractivity contribution in [1.82, 2.24) is 4.57 Å². The van der Waals surface area contributed by atoms with Gasteiger partial charge in [-0.15, -0.1) is 11.3 Å². The van der Waals surface area contributed by atoms with Gasteiger partial charge in [0.25, 0.3) is 6.71 Å². The monoisotopic (exact) mass is 897 g/mol. The molecule has 7 aromatic carbocycles. The van der Waals surface area contributed by atoms with Crippen LogP contribution in [-0.2, 0) is 21.7 Å². The van der Waals surface area contributed by atoms with Gasteiger partial charge in [0.1, 0.15) is 0 Å². The molecule has 336 valence electrons. The Hall–Kier alpha value is -6.04. The van der Waals surface area contributed by atoms with Crippen LogP contribution in [0.1, 0.15) is 121 Å². The zero-order valence-corrected chi connectivity index (χ0v) is 42.3. The number of fused-ring (bicyclic) bond motifs is 9. The molecule has 5 heteroatoms. The second-order valence-electron chi connectivity index (χ2n) is 23.5. The molecule has 11 rings (SSSR count).